The van der Waals surface area contributed by atoms with Gasteiger partial charge in [0, 0.05) is 7.11 Å². The third-order valence-electron chi connectivity index (χ3n) is 3.43. The lowest BCUT2D eigenvalue weighted by Gasteiger charge is -2.28. The zero-order chi connectivity index (χ0) is 14.3. The minimum atomic E-state index is -0.452. The Kier molecular flexibility index (Phi) is 6.63. The molecule has 4 heteroatoms. The van der Waals surface area contributed by atoms with Crippen LogP contribution in [0.5, 0.6) is 0 Å². The maximum absolute atomic E-state index is 11.8. The van der Waals surface area contributed by atoms with Gasteiger partial charge in [0.05, 0.1) is 12.6 Å². The average Bonchev–Trinajstić information content (AvgIpc) is 2.27. The number of alkyl carbamates (subject to hydrolysis) is 1. The van der Waals surface area contributed by atoms with Crippen LogP contribution in [-0.4, -0.2) is 31.5 Å². The van der Waals surface area contributed by atoms with Crippen LogP contribution in [0.25, 0.3) is 0 Å². The molecule has 0 radical (unpaired) electrons. The van der Waals surface area contributed by atoms with Crippen molar-refractivity contribution in [3.63, 3.8) is 0 Å². The molecule has 0 saturated heterocycles. The lowest BCUT2D eigenvalue weighted by Crippen LogP contribution is -2.42. The quantitative estimate of drug-likeness (QED) is 0.832. The van der Waals surface area contributed by atoms with E-state index in [1.165, 1.54) is 32.1 Å². The van der Waals surface area contributed by atoms with E-state index in [0.717, 1.165) is 6.42 Å². The molecular weight excluding hydrogens is 242 g/mol. The smallest absolute Gasteiger partial charge is 0.407 e. The Morgan fingerprint density at radius 2 is 1.89 bits per heavy atom. The summed E-state index contributed by atoms with van der Waals surface area (Å²) in [5.41, 5.74) is -0.452. The predicted octanol–water partition coefficient (Wildman–Crippen LogP) is 3.50. The second kappa shape index (κ2) is 7.73. The molecule has 4 nitrogen and oxygen atoms in total. The maximum atomic E-state index is 11.8. The van der Waals surface area contributed by atoms with Gasteiger partial charge in [0.15, 0.2) is 0 Å². The third-order valence-corrected chi connectivity index (χ3v) is 3.43. The molecule has 0 aromatic rings. The molecule has 0 aromatic heterocycles. The van der Waals surface area contributed by atoms with Crippen molar-refractivity contribution in [2.75, 3.05) is 13.7 Å². The highest BCUT2D eigenvalue weighted by molar-refractivity contribution is 5.68. The van der Waals surface area contributed by atoms with Crippen molar-refractivity contribution in [1.29, 1.82) is 0 Å². The summed E-state index contributed by atoms with van der Waals surface area (Å²) in [5.74, 6) is 0.712. The Bertz CT molecular complexity index is 267. The van der Waals surface area contributed by atoms with Crippen LogP contribution in [0.4, 0.5) is 4.79 Å². The molecular formula is C15H29NO3. The minimum absolute atomic E-state index is 0.0583. The van der Waals surface area contributed by atoms with Gasteiger partial charge in [-0.25, -0.2) is 4.79 Å². The first-order valence-electron chi connectivity index (χ1n) is 7.39. The number of carbonyl (C=O) groups excluding carboxylic acids is 1. The third kappa shape index (κ3) is 7.41. The van der Waals surface area contributed by atoms with Gasteiger partial charge in [-0.1, -0.05) is 32.1 Å². The fourth-order valence-corrected chi connectivity index (χ4v) is 2.67. The van der Waals surface area contributed by atoms with Crippen LogP contribution in [0.1, 0.15) is 59.3 Å². The van der Waals surface area contributed by atoms with Crippen molar-refractivity contribution < 1.29 is 14.3 Å². The van der Waals surface area contributed by atoms with E-state index in [1.807, 2.05) is 20.8 Å². The van der Waals surface area contributed by atoms with Gasteiger partial charge in [0.1, 0.15) is 5.60 Å². The van der Waals surface area contributed by atoms with Crippen molar-refractivity contribution in [2.24, 2.45) is 5.92 Å². The van der Waals surface area contributed by atoms with Gasteiger partial charge >= 0.3 is 6.09 Å². The molecule has 0 aliphatic heterocycles. The second-order valence-corrected chi connectivity index (χ2v) is 6.54. The number of amides is 1. The summed E-state index contributed by atoms with van der Waals surface area (Å²) in [5, 5.41) is 2.94. The zero-order valence-corrected chi connectivity index (χ0v) is 12.8. The number of hydrogen-bond donors (Lipinski definition) is 1. The van der Waals surface area contributed by atoms with Gasteiger partial charge in [0.25, 0.3) is 0 Å². The zero-order valence-electron chi connectivity index (χ0n) is 12.8. The van der Waals surface area contributed by atoms with E-state index >= 15 is 0 Å². The Hall–Kier alpha value is -0.770. The van der Waals surface area contributed by atoms with Crippen molar-refractivity contribution in [3.05, 3.63) is 0 Å². The van der Waals surface area contributed by atoms with Gasteiger partial charge in [-0.3, -0.25) is 0 Å². The molecule has 1 aliphatic carbocycles. The number of ether oxygens (including phenoxy) is 2. The van der Waals surface area contributed by atoms with E-state index in [0.29, 0.717) is 12.5 Å². The SMILES string of the molecule is COC[C@H](CC1CCCCC1)NC(=O)OC(C)(C)C. The van der Waals surface area contributed by atoms with Crippen LogP contribution in [0.15, 0.2) is 0 Å². The minimum Gasteiger partial charge on any atom is -0.444 e. The topological polar surface area (TPSA) is 47.6 Å². The number of methoxy groups -OCH3 is 1. The molecule has 0 spiro atoms. The van der Waals surface area contributed by atoms with E-state index < -0.39 is 5.60 Å². The highest BCUT2D eigenvalue weighted by atomic mass is 16.6. The van der Waals surface area contributed by atoms with E-state index in [-0.39, 0.29) is 12.1 Å². The van der Waals surface area contributed by atoms with Crippen molar-refractivity contribution in [1.82, 2.24) is 5.32 Å². The Morgan fingerprint density at radius 1 is 1.26 bits per heavy atom. The number of nitrogens with one attached hydrogen (secondary N) is 1. The van der Waals surface area contributed by atoms with Gasteiger partial charge in [0.2, 0.25) is 0 Å². The lowest BCUT2D eigenvalue weighted by atomic mass is 9.85. The summed E-state index contributed by atoms with van der Waals surface area (Å²) < 4.78 is 10.5. The molecule has 1 fully saturated rings. The largest absolute Gasteiger partial charge is 0.444 e. The normalized spacial score (nSPS) is 18.9. The van der Waals surface area contributed by atoms with E-state index in [4.69, 9.17) is 9.47 Å². The molecule has 0 heterocycles. The van der Waals surface area contributed by atoms with Crippen molar-refractivity contribution in [3.8, 4) is 0 Å². The molecule has 1 saturated carbocycles. The molecule has 1 atom stereocenters. The van der Waals surface area contributed by atoms with Crippen molar-refractivity contribution >= 4 is 6.09 Å². The second-order valence-electron chi connectivity index (χ2n) is 6.54. The summed E-state index contributed by atoms with van der Waals surface area (Å²) in [4.78, 5) is 11.8. The molecule has 19 heavy (non-hydrogen) atoms. The first-order chi connectivity index (χ1) is 8.90. The first-order valence-corrected chi connectivity index (χ1v) is 7.39. The van der Waals surface area contributed by atoms with Crippen LogP contribution < -0.4 is 5.32 Å². The van der Waals surface area contributed by atoms with Crippen LogP contribution in [0.3, 0.4) is 0 Å². The van der Waals surface area contributed by atoms with Gasteiger partial charge in [-0.2, -0.15) is 0 Å². The molecule has 112 valence electrons. The Labute approximate surface area is 117 Å². The van der Waals surface area contributed by atoms with Gasteiger partial charge in [-0.15, -0.1) is 0 Å². The number of rotatable bonds is 5. The predicted molar refractivity (Wildman–Crippen MR) is 76.2 cm³/mol. The molecule has 1 N–H and O–H groups in total. The van der Waals surface area contributed by atoms with E-state index in [1.54, 1.807) is 7.11 Å². The summed E-state index contributed by atoms with van der Waals surface area (Å²) in [6, 6.07) is 0.0583. The Morgan fingerprint density at radius 3 is 2.42 bits per heavy atom. The molecule has 0 bridgehead atoms. The lowest BCUT2D eigenvalue weighted by molar-refractivity contribution is 0.0452. The van der Waals surface area contributed by atoms with E-state index in [2.05, 4.69) is 5.32 Å². The molecule has 1 aliphatic rings. The molecule has 1 amide bonds. The van der Waals surface area contributed by atoms with Crippen LogP contribution in [0.2, 0.25) is 0 Å². The average molecular weight is 271 g/mol. The van der Waals surface area contributed by atoms with Gasteiger partial charge in [-0.05, 0) is 33.1 Å². The highest BCUT2D eigenvalue weighted by Gasteiger charge is 2.23. The van der Waals surface area contributed by atoms with Crippen LogP contribution in [0, 0.1) is 5.92 Å². The molecule has 0 unspecified atom stereocenters. The molecule has 1 rings (SSSR count). The maximum Gasteiger partial charge on any atom is 0.407 e. The van der Waals surface area contributed by atoms with E-state index in [9.17, 15) is 4.79 Å². The first kappa shape index (κ1) is 16.3. The summed E-state index contributed by atoms with van der Waals surface area (Å²) in [7, 11) is 1.67. The standard InChI is InChI=1S/C15H29NO3/c1-15(2,3)19-14(17)16-13(11-18-4)10-12-8-6-5-7-9-12/h12-13H,5-11H2,1-4H3,(H,16,17)/t13-/m0/s1. The monoisotopic (exact) mass is 271 g/mol. The fraction of sp³-hybridized carbons (Fsp3) is 0.933. The summed E-state index contributed by atoms with van der Waals surface area (Å²) in [6.45, 7) is 6.17. The van der Waals surface area contributed by atoms with Crippen molar-refractivity contribution in [2.45, 2.75) is 70.9 Å². The summed E-state index contributed by atoms with van der Waals surface area (Å²) in [6.07, 6.45) is 7.18. The fourth-order valence-electron chi connectivity index (χ4n) is 2.67. The highest BCUT2D eigenvalue weighted by Crippen LogP contribution is 2.27. The van der Waals surface area contributed by atoms with Gasteiger partial charge < -0.3 is 14.8 Å². The van der Waals surface area contributed by atoms with Crippen LogP contribution >= 0.6 is 0 Å². The summed E-state index contributed by atoms with van der Waals surface area (Å²) >= 11 is 0. The molecule has 0 aromatic carbocycles. The number of carbonyl (C=O) groups is 1. The van der Waals surface area contributed by atoms with Crippen LogP contribution in [-0.2, 0) is 9.47 Å². The number of hydrogen-bond acceptors (Lipinski definition) is 3. The Balaban J connectivity index is 2.40.